The summed E-state index contributed by atoms with van der Waals surface area (Å²) < 4.78 is 0. The van der Waals surface area contributed by atoms with Crippen LogP contribution >= 0.6 is 0 Å². The average Bonchev–Trinajstić information content (AvgIpc) is 2.44. The van der Waals surface area contributed by atoms with Gasteiger partial charge in [0.15, 0.2) is 5.84 Å². The molecule has 1 aromatic rings. The van der Waals surface area contributed by atoms with Gasteiger partial charge in [-0.1, -0.05) is 24.9 Å². The lowest BCUT2D eigenvalue weighted by Gasteiger charge is -2.12. The maximum Gasteiger partial charge on any atom is 0.270 e. The van der Waals surface area contributed by atoms with Gasteiger partial charge in [0, 0.05) is 17.8 Å². The Morgan fingerprint density at radius 1 is 1.58 bits per heavy atom. The van der Waals surface area contributed by atoms with Crippen LogP contribution in [0.25, 0.3) is 0 Å². The third-order valence-corrected chi connectivity index (χ3v) is 2.77. The highest BCUT2D eigenvalue weighted by Gasteiger charge is 2.11. The summed E-state index contributed by atoms with van der Waals surface area (Å²) in [6.45, 7) is 4.08. The van der Waals surface area contributed by atoms with Gasteiger partial charge in [0.05, 0.1) is 0 Å². The quantitative estimate of drug-likeness (QED) is 0.313. The number of carbonyl (C=O) groups is 1. The molecule has 0 spiro atoms. The lowest BCUT2D eigenvalue weighted by Crippen LogP contribution is -2.33. The first-order valence-electron chi connectivity index (χ1n) is 6.33. The van der Waals surface area contributed by atoms with Crippen LogP contribution < -0.4 is 11.1 Å². The van der Waals surface area contributed by atoms with Crippen LogP contribution in [0.2, 0.25) is 0 Å². The molecule has 4 N–H and O–H groups in total. The number of carbonyl (C=O) groups excluding carboxylic acids is 1. The third-order valence-electron chi connectivity index (χ3n) is 2.77. The fourth-order valence-corrected chi connectivity index (χ4v) is 1.62. The summed E-state index contributed by atoms with van der Waals surface area (Å²) in [4.78, 5) is 15.9. The summed E-state index contributed by atoms with van der Waals surface area (Å²) in [6, 6.07) is 3.26. The van der Waals surface area contributed by atoms with Gasteiger partial charge < -0.3 is 16.3 Å². The second-order valence-corrected chi connectivity index (χ2v) is 4.43. The summed E-state index contributed by atoms with van der Waals surface area (Å²) in [6.07, 6.45) is 4.54. The lowest BCUT2D eigenvalue weighted by atomic mass is 10.1. The van der Waals surface area contributed by atoms with Gasteiger partial charge in [0.25, 0.3) is 5.91 Å². The molecule has 0 saturated heterocycles. The fourth-order valence-electron chi connectivity index (χ4n) is 1.62. The number of hydrogen-bond acceptors (Lipinski definition) is 4. The molecule has 1 rings (SSSR count). The number of amides is 1. The number of amidine groups is 1. The van der Waals surface area contributed by atoms with E-state index in [0.717, 1.165) is 19.3 Å². The molecule has 0 aromatic carbocycles. The van der Waals surface area contributed by atoms with E-state index >= 15 is 0 Å². The first-order valence-corrected chi connectivity index (χ1v) is 6.33. The Bertz CT molecular complexity index is 442. The molecular formula is C13H20N4O2. The first kappa shape index (κ1) is 14.9. The van der Waals surface area contributed by atoms with E-state index in [1.54, 1.807) is 12.1 Å². The number of hydrogen-bond donors (Lipinski definition) is 3. The number of nitrogens with two attached hydrogens (primary N) is 1. The predicted octanol–water partition coefficient (Wildman–Crippen LogP) is 1.48. The molecule has 1 aromatic heterocycles. The van der Waals surface area contributed by atoms with Gasteiger partial charge in [-0.2, -0.15) is 0 Å². The highest BCUT2D eigenvalue weighted by molar-refractivity contribution is 5.98. The summed E-state index contributed by atoms with van der Waals surface area (Å²) in [5.74, 6) is -0.245. The molecule has 19 heavy (non-hydrogen) atoms. The van der Waals surface area contributed by atoms with E-state index < -0.39 is 0 Å². The molecule has 0 radical (unpaired) electrons. The van der Waals surface area contributed by atoms with Crippen molar-refractivity contribution in [2.45, 2.75) is 39.2 Å². The summed E-state index contributed by atoms with van der Waals surface area (Å²) >= 11 is 0. The molecule has 0 fully saturated rings. The highest BCUT2D eigenvalue weighted by Crippen LogP contribution is 2.03. The van der Waals surface area contributed by atoms with Crippen LogP contribution in [-0.4, -0.2) is 28.0 Å². The smallest absolute Gasteiger partial charge is 0.270 e. The molecule has 1 heterocycles. The van der Waals surface area contributed by atoms with E-state index in [0.29, 0.717) is 11.3 Å². The van der Waals surface area contributed by atoms with Crippen molar-refractivity contribution >= 4 is 11.7 Å². The molecule has 104 valence electrons. The van der Waals surface area contributed by atoms with Gasteiger partial charge in [0.2, 0.25) is 0 Å². The number of aromatic nitrogens is 1. The molecule has 0 saturated carbocycles. The van der Waals surface area contributed by atoms with Crippen LogP contribution in [0.5, 0.6) is 0 Å². The van der Waals surface area contributed by atoms with Gasteiger partial charge in [0.1, 0.15) is 5.69 Å². The van der Waals surface area contributed by atoms with Crippen LogP contribution in [-0.2, 0) is 0 Å². The second-order valence-electron chi connectivity index (χ2n) is 4.43. The zero-order valence-electron chi connectivity index (χ0n) is 11.3. The highest BCUT2D eigenvalue weighted by atomic mass is 16.4. The Morgan fingerprint density at radius 2 is 2.32 bits per heavy atom. The number of nitrogens with one attached hydrogen (secondary N) is 1. The van der Waals surface area contributed by atoms with E-state index in [4.69, 9.17) is 10.9 Å². The number of nitrogens with zero attached hydrogens (tertiary/aromatic N) is 2. The maximum absolute atomic E-state index is 11.9. The minimum absolute atomic E-state index is 0.0317. The first-order chi connectivity index (χ1) is 9.08. The van der Waals surface area contributed by atoms with E-state index in [9.17, 15) is 4.79 Å². The Kier molecular flexibility index (Phi) is 5.78. The van der Waals surface area contributed by atoms with Crippen molar-refractivity contribution in [1.82, 2.24) is 10.3 Å². The van der Waals surface area contributed by atoms with Crippen LogP contribution in [0.1, 0.15) is 49.2 Å². The van der Waals surface area contributed by atoms with Gasteiger partial charge in [-0.15, -0.1) is 0 Å². The Balaban J connectivity index is 2.63. The molecule has 6 heteroatoms. The van der Waals surface area contributed by atoms with Crippen LogP contribution in [0.4, 0.5) is 0 Å². The molecular weight excluding hydrogens is 244 g/mol. The standard InChI is InChI=1S/C13H20N4O2/c1-3-4-5-9(2)16-13(18)11-7-6-10(8-15-11)12(14)17-19/h6-9,19H,3-5H2,1-2H3,(H2,14,17)(H,16,18). The van der Waals surface area contributed by atoms with Gasteiger partial charge in [-0.3, -0.25) is 9.78 Å². The van der Waals surface area contributed by atoms with E-state index in [-0.39, 0.29) is 17.8 Å². The molecule has 1 unspecified atom stereocenters. The van der Waals surface area contributed by atoms with Gasteiger partial charge in [-0.05, 0) is 25.5 Å². The molecule has 1 atom stereocenters. The summed E-state index contributed by atoms with van der Waals surface area (Å²) in [5.41, 5.74) is 6.20. The van der Waals surface area contributed by atoms with Crippen molar-refractivity contribution in [2.24, 2.45) is 10.9 Å². The minimum Gasteiger partial charge on any atom is -0.409 e. The second kappa shape index (κ2) is 7.35. The van der Waals surface area contributed by atoms with Crippen LogP contribution in [0.3, 0.4) is 0 Å². The van der Waals surface area contributed by atoms with Crippen molar-refractivity contribution in [1.29, 1.82) is 0 Å². The topological polar surface area (TPSA) is 101 Å². The Morgan fingerprint density at radius 3 is 2.84 bits per heavy atom. The van der Waals surface area contributed by atoms with Crippen LogP contribution in [0.15, 0.2) is 23.5 Å². The minimum atomic E-state index is -0.213. The van der Waals surface area contributed by atoms with Crippen molar-refractivity contribution in [3.8, 4) is 0 Å². The lowest BCUT2D eigenvalue weighted by molar-refractivity contribution is 0.0933. The normalized spacial score (nSPS) is 13.1. The largest absolute Gasteiger partial charge is 0.409 e. The van der Waals surface area contributed by atoms with Crippen molar-refractivity contribution in [3.63, 3.8) is 0 Å². The molecule has 0 aliphatic heterocycles. The predicted molar refractivity (Wildman–Crippen MR) is 73.2 cm³/mol. The molecule has 0 aliphatic carbocycles. The third kappa shape index (κ3) is 4.57. The van der Waals surface area contributed by atoms with E-state index in [2.05, 4.69) is 22.4 Å². The van der Waals surface area contributed by atoms with Crippen LogP contribution in [0, 0.1) is 0 Å². The van der Waals surface area contributed by atoms with Gasteiger partial charge >= 0.3 is 0 Å². The number of pyridine rings is 1. The SMILES string of the molecule is CCCCC(C)NC(=O)c1ccc(C(N)=NO)cn1. The zero-order valence-corrected chi connectivity index (χ0v) is 11.3. The van der Waals surface area contributed by atoms with Crippen molar-refractivity contribution in [3.05, 3.63) is 29.6 Å². The monoisotopic (exact) mass is 264 g/mol. The van der Waals surface area contributed by atoms with Crippen molar-refractivity contribution in [2.75, 3.05) is 0 Å². The number of unbranched alkanes of at least 4 members (excludes halogenated alkanes) is 1. The fraction of sp³-hybridized carbons (Fsp3) is 0.462. The van der Waals surface area contributed by atoms with E-state index in [1.807, 2.05) is 6.92 Å². The summed E-state index contributed by atoms with van der Waals surface area (Å²) in [5, 5.41) is 14.3. The van der Waals surface area contributed by atoms with Crippen molar-refractivity contribution < 1.29 is 10.0 Å². The average molecular weight is 264 g/mol. The Hall–Kier alpha value is -2.11. The number of oxime groups is 1. The summed E-state index contributed by atoms with van der Waals surface area (Å²) in [7, 11) is 0. The number of rotatable bonds is 6. The molecule has 6 nitrogen and oxygen atoms in total. The molecule has 0 bridgehead atoms. The van der Waals surface area contributed by atoms with E-state index in [1.165, 1.54) is 6.20 Å². The van der Waals surface area contributed by atoms with Gasteiger partial charge in [-0.25, -0.2) is 0 Å². The zero-order chi connectivity index (χ0) is 14.3. The molecule has 1 amide bonds. The maximum atomic E-state index is 11.9. The molecule has 0 aliphatic rings. The Labute approximate surface area is 112 Å².